The molecule has 116 valence electrons. The minimum Gasteiger partial charge on any atom is -0.311 e. The van der Waals surface area contributed by atoms with E-state index >= 15 is 0 Å². The average molecular weight is 312 g/mol. The van der Waals surface area contributed by atoms with Gasteiger partial charge in [-0.2, -0.15) is 5.26 Å². The smallest absolute Gasteiger partial charge is 0.251 e. The largest absolute Gasteiger partial charge is 0.311 e. The average Bonchev–Trinajstić information content (AvgIpc) is 2.63. The van der Waals surface area contributed by atoms with Crippen molar-refractivity contribution in [3.05, 3.63) is 106 Å². The summed E-state index contributed by atoms with van der Waals surface area (Å²) in [5.74, 6) is 0. The van der Waals surface area contributed by atoms with Gasteiger partial charge in [0.05, 0.1) is 18.2 Å². The fourth-order valence-corrected chi connectivity index (χ4v) is 2.46. The summed E-state index contributed by atoms with van der Waals surface area (Å²) >= 11 is 0. The lowest BCUT2D eigenvalue weighted by molar-refractivity contribution is 0.757. The molecule has 0 amide bonds. The number of aromatic nitrogens is 1. The van der Waals surface area contributed by atoms with E-state index in [0.29, 0.717) is 12.1 Å². The Morgan fingerprint density at radius 2 is 1.62 bits per heavy atom. The molecule has 0 spiro atoms. The molecule has 1 aromatic heterocycles. The Morgan fingerprint density at radius 3 is 2.38 bits per heavy atom. The summed E-state index contributed by atoms with van der Waals surface area (Å²) in [6.07, 6.45) is 5.66. The van der Waals surface area contributed by atoms with Crippen LogP contribution in [0, 0.1) is 11.3 Å². The number of nitriles is 1. The molecule has 0 bridgehead atoms. The van der Waals surface area contributed by atoms with Gasteiger partial charge >= 0.3 is 0 Å². The van der Waals surface area contributed by atoms with E-state index in [1.54, 1.807) is 22.9 Å². The summed E-state index contributed by atoms with van der Waals surface area (Å²) in [5, 5.41) is 9.14. The molecule has 1 heterocycles. The highest BCUT2D eigenvalue weighted by atomic mass is 16.1. The van der Waals surface area contributed by atoms with Crippen molar-refractivity contribution in [1.82, 2.24) is 4.57 Å². The van der Waals surface area contributed by atoms with Crippen LogP contribution in [0.3, 0.4) is 0 Å². The lowest BCUT2D eigenvalue weighted by atomic mass is 10.1. The molecule has 0 N–H and O–H groups in total. The molecule has 3 rings (SSSR count). The lowest BCUT2D eigenvalue weighted by Gasteiger charge is -2.07. The molecule has 2 aromatic carbocycles. The van der Waals surface area contributed by atoms with Gasteiger partial charge in [0, 0.05) is 12.3 Å². The third-order valence-electron chi connectivity index (χ3n) is 3.77. The van der Waals surface area contributed by atoms with Gasteiger partial charge in [0.25, 0.3) is 5.56 Å². The highest BCUT2D eigenvalue weighted by Crippen LogP contribution is 2.10. The number of hydrogen-bond acceptors (Lipinski definition) is 2. The number of pyridine rings is 1. The van der Waals surface area contributed by atoms with Gasteiger partial charge in [-0.05, 0) is 28.8 Å². The summed E-state index contributed by atoms with van der Waals surface area (Å²) < 4.78 is 1.61. The van der Waals surface area contributed by atoms with Crippen molar-refractivity contribution in [3.8, 4) is 6.07 Å². The minimum atomic E-state index is -0.0852. The van der Waals surface area contributed by atoms with E-state index in [2.05, 4.69) is 6.07 Å². The van der Waals surface area contributed by atoms with Crippen LogP contribution in [0.5, 0.6) is 0 Å². The molecule has 0 aliphatic heterocycles. The molecule has 0 saturated carbocycles. The third kappa shape index (κ3) is 3.68. The number of benzene rings is 2. The molecule has 0 saturated heterocycles. The van der Waals surface area contributed by atoms with Crippen LogP contribution in [0.1, 0.15) is 22.3 Å². The number of rotatable bonds is 4. The molecular formula is C21H16N2O. The summed E-state index contributed by atoms with van der Waals surface area (Å²) in [5.41, 5.74) is 3.29. The molecule has 3 nitrogen and oxygen atoms in total. The van der Waals surface area contributed by atoms with Crippen molar-refractivity contribution in [2.75, 3.05) is 0 Å². The van der Waals surface area contributed by atoms with Gasteiger partial charge in [0.1, 0.15) is 0 Å². The molecule has 0 aliphatic rings. The monoisotopic (exact) mass is 312 g/mol. The maximum absolute atomic E-state index is 12.3. The van der Waals surface area contributed by atoms with Gasteiger partial charge in [-0.15, -0.1) is 0 Å². The molecule has 0 unspecified atom stereocenters. The molecule has 3 aromatic rings. The Hall–Kier alpha value is -3.38. The topological polar surface area (TPSA) is 45.8 Å². The zero-order valence-corrected chi connectivity index (χ0v) is 13.1. The molecule has 0 radical (unpaired) electrons. The third-order valence-corrected chi connectivity index (χ3v) is 3.77. The highest BCUT2D eigenvalue weighted by Gasteiger charge is 2.03. The normalized spacial score (nSPS) is 10.6. The molecule has 0 fully saturated rings. The van der Waals surface area contributed by atoms with Crippen molar-refractivity contribution in [2.24, 2.45) is 0 Å². The zero-order valence-electron chi connectivity index (χ0n) is 13.1. The van der Waals surface area contributed by atoms with Crippen molar-refractivity contribution in [3.63, 3.8) is 0 Å². The lowest BCUT2D eigenvalue weighted by Crippen LogP contribution is -2.19. The van der Waals surface area contributed by atoms with Gasteiger partial charge in [0.15, 0.2) is 0 Å². The second-order valence-electron chi connectivity index (χ2n) is 5.44. The van der Waals surface area contributed by atoms with Crippen LogP contribution in [-0.4, -0.2) is 4.57 Å². The Bertz CT molecular complexity index is 963. The SMILES string of the molecule is N#Cc1ccccc1Cn1ccc(/C=C/c2ccccc2)cc1=O. The molecule has 0 aliphatic carbocycles. The van der Waals surface area contributed by atoms with Crippen LogP contribution in [0.4, 0.5) is 0 Å². The van der Waals surface area contributed by atoms with E-state index in [1.807, 2.05) is 66.7 Å². The first kappa shape index (κ1) is 15.5. The fraction of sp³-hybridized carbons (Fsp3) is 0.0476. The number of nitrogens with zero attached hydrogens (tertiary/aromatic N) is 2. The first-order valence-corrected chi connectivity index (χ1v) is 7.68. The molecule has 3 heteroatoms. The predicted molar refractivity (Wildman–Crippen MR) is 96.3 cm³/mol. The Balaban J connectivity index is 1.82. The zero-order chi connectivity index (χ0) is 16.8. The second-order valence-corrected chi connectivity index (χ2v) is 5.44. The van der Waals surface area contributed by atoms with E-state index in [0.717, 1.165) is 16.7 Å². The van der Waals surface area contributed by atoms with Gasteiger partial charge in [-0.1, -0.05) is 60.7 Å². The standard InChI is InChI=1S/C21H16N2O/c22-15-19-8-4-5-9-20(19)16-23-13-12-18(14-21(23)24)11-10-17-6-2-1-3-7-17/h1-14H,16H2/b11-10+. The van der Waals surface area contributed by atoms with Crippen LogP contribution in [0.2, 0.25) is 0 Å². The Kier molecular flexibility index (Phi) is 4.69. The summed E-state index contributed by atoms with van der Waals surface area (Å²) in [6.45, 7) is 0.394. The fourth-order valence-electron chi connectivity index (χ4n) is 2.46. The predicted octanol–water partition coefficient (Wildman–Crippen LogP) is 3.94. The van der Waals surface area contributed by atoms with Crippen LogP contribution in [0.15, 0.2) is 77.7 Å². The quantitative estimate of drug-likeness (QED) is 0.732. The van der Waals surface area contributed by atoms with E-state index in [1.165, 1.54) is 0 Å². The minimum absolute atomic E-state index is 0.0852. The number of hydrogen-bond donors (Lipinski definition) is 0. The van der Waals surface area contributed by atoms with Crippen LogP contribution in [-0.2, 0) is 6.54 Å². The Labute approximate surface area is 140 Å². The molecular weight excluding hydrogens is 296 g/mol. The maximum atomic E-state index is 12.3. The summed E-state index contributed by atoms with van der Waals surface area (Å²) in [7, 11) is 0. The van der Waals surface area contributed by atoms with Gasteiger partial charge in [0.2, 0.25) is 0 Å². The van der Waals surface area contributed by atoms with Crippen molar-refractivity contribution in [2.45, 2.75) is 6.54 Å². The van der Waals surface area contributed by atoms with E-state index < -0.39 is 0 Å². The van der Waals surface area contributed by atoms with Gasteiger partial charge < -0.3 is 4.57 Å². The summed E-state index contributed by atoms with van der Waals surface area (Å²) in [6, 6.07) is 22.9. The van der Waals surface area contributed by atoms with E-state index in [-0.39, 0.29) is 5.56 Å². The molecule has 0 atom stereocenters. The van der Waals surface area contributed by atoms with Crippen molar-refractivity contribution in [1.29, 1.82) is 5.26 Å². The maximum Gasteiger partial charge on any atom is 0.251 e. The molecule has 24 heavy (non-hydrogen) atoms. The van der Waals surface area contributed by atoms with Crippen LogP contribution < -0.4 is 5.56 Å². The van der Waals surface area contributed by atoms with Crippen molar-refractivity contribution < 1.29 is 0 Å². The Morgan fingerprint density at radius 1 is 0.917 bits per heavy atom. The van der Waals surface area contributed by atoms with Gasteiger partial charge in [-0.3, -0.25) is 4.79 Å². The first-order valence-electron chi connectivity index (χ1n) is 7.68. The van der Waals surface area contributed by atoms with E-state index in [4.69, 9.17) is 5.26 Å². The summed E-state index contributed by atoms with van der Waals surface area (Å²) in [4.78, 5) is 12.3. The first-order chi connectivity index (χ1) is 11.8. The highest BCUT2D eigenvalue weighted by molar-refractivity contribution is 5.69. The van der Waals surface area contributed by atoms with E-state index in [9.17, 15) is 4.79 Å². The van der Waals surface area contributed by atoms with Crippen molar-refractivity contribution >= 4 is 12.2 Å². The van der Waals surface area contributed by atoms with Gasteiger partial charge in [-0.25, -0.2) is 0 Å². The van der Waals surface area contributed by atoms with Crippen LogP contribution in [0.25, 0.3) is 12.2 Å². The van der Waals surface area contributed by atoms with Crippen LogP contribution >= 0.6 is 0 Å². The second kappa shape index (κ2) is 7.26.